The zero-order valence-corrected chi connectivity index (χ0v) is 11.7. The van der Waals surface area contributed by atoms with Crippen LogP contribution >= 0.6 is 0 Å². The van der Waals surface area contributed by atoms with Crippen LogP contribution in [0.25, 0.3) is 0 Å². The van der Waals surface area contributed by atoms with Crippen LogP contribution in [0.5, 0.6) is 0 Å². The molecule has 13 heavy (non-hydrogen) atoms. The van der Waals surface area contributed by atoms with Crippen molar-refractivity contribution in [2.45, 2.75) is 0 Å². The molecular weight excluding hydrogens is 300 g/mol. The minimum absolute atomic E-state index is 0. The average molecular weight is 308 g/mol. The number of rotatable bonds is 2. The molecule has 8 nitrogen and oxygen atoms in total. The Morgan fingerprint density at radius 2 is 0.923 bits per heavy atom. The topological polar surface area (TPSA) is 166 Å². The molecule has 11 heteroatoms. The van der Waals surface area contributed by atoms with Crippen molar-refractivity contribution < 1.29 is 25.9 Å². The van der Waals surface area contributed by atoms with Crippen molar-refractivity contribution in [2.24, 2.45) is 11.5 Å². The second kappa shape index (κ2) is 8.52. The van der Waals surface area contributed by atoms with Crippen molar-refractivity contribution in [1.29, 1.82) is 0 Å². The van der Waals surface area contributed by atoms with Gasteiger partial charge in [0.05, 0.1) is 11.8 Å². The third-order valence-electron chi connectivity index (χ3n) is 0.408. The molecule has 0 heterocycles. The van der Waals surface area contributed by atoms with Crippen LogP contribution in [0, 0.1) is 0 Å². The Bertz CT molecular complexity index is 263. The fourth-order valence-corrected chi connectivity index (χ4v) is 0. The zero-order valence-electron chi connectivity index (χ0n) is 6.54. The maximum atomic E-state index is 9.32. The van der Waals surface area contributed by atoms with Gasteiger partial charge in [-0.15, -0.1) is 0 Å². The van der Waals surface area contributed by atoms with E-state index in [4.69, 9.17) is 0 Å². The SMILES string of the molecule is NCS(=O)(=O)[O-].NCS(=O)(=O)[O-].[Sr+2]. The minimum Gasteiger partial charge on any atom is -0.747 e. The zero-order chi connectivity index (χ0) is 10.4. The summed E-state index contributed by atoms with van der Waals surface area (Å²) in [6.45, 7) is 0. The fourth-order valence-electron chi connectivity index (χ4n) is 0. The molecule has 0 fully saturated rings. The Kier molecular flexibility index (Phi) is 12.9. The first-order chi connectivity index (χ1) is 5.12. The number of hydrogen-bond donors (Lipinski definition) is 2. The molecule has 76 valence electrons. The standard InChI is InChI=1S/2CH5NO3S.Sr/c2*2-1-6(3,4)5;/h2*1-2H2,(H,3,4,5);/q;;+2/p-2. The van der Waals surface area contributed by atoms with Crippen molar-refractivity contribution in [3.8, 4) is 0 Å². The molecule has 0 aromatic rings. The summed E-state index contributed by atoms with van der Waals surface area (Å²) in [7, 11) is -8.27. The predicted octanol–water partition coefficient (Wildman–Crippen LogP) is -3.49. The summed E-state index contributed by atoms with van der Waals surface area (Å²) in [6.07, 6.45) is 0. The first kappa shape index (κ1) is 19.7. The molecule has 0 unspecified atom stereocenters. The summed E-state index contributed by atoms with van der Waals surface area (Å²) in [4.78, 5) is 0. The molecule has 4 N–H and O–H groups in total. The van der Waals surface area contributed by atoms with Gasteiger partial charge in [-0.3, -0.25) is 0 Å². The maximum absolute atomic E-state index is 9.32. The Morgan fingerprint density at radius 1 is 0.846 bits per heavy atom. The van der Waals surface area contributed by atoms with Crippen LogP contribution in [0.15, 0.2) is 0 Å². The summed E-state index contributed by atoms with van der Waals surface area (Å²) in [5.74, 6) is -1.62. The maximum Gasteiger partial charge on any atom is 2.00 e. The minimum atomic E-state index is -4.13. The monoisotopic (exact) mass is 308 g/mol. The van der Waals surface area contributed by atoms with Crippen LogP contribution in [0.1, 0.15) is 0 Å². The molecule has 0 spiro atoms. The summed E-state index contributed by atoms with van der Waals surface area (Å²) in [5.41, 5.74) is 8.81. The van der Waals surface area contributed by atoms with E-state index in [1.54, 1.807) is 0 Å². The fraction of sp³-hybridized carbons (Fsp3) is 1.00. The van der Waals surface area contributed by atoms with Crippen molar-refractivity contribution in [3.63, 3.8) is 0 Å². The molecule has 0 saturated heterocycles. The number of hydrogen-bond acceptors (Lipinski definition) is 8. The first-order valence-corrected chi connectivity index (χ1v) is 5.55. The molecule has 0 rings (SSSR count). The summed E-state index contributed by atoms with van der Waals surface area (Å²) in [5, 5.41) is 0. The van der Waals surface area contributed by atoms with Crippen molar-refractivity contribution >= 4 is 65.7 Å². The van der Waals surface area contributed by atoms with Crippen LogP contribution in [0.4, 0.5) is 0 Å². The molecule has 0 amide bonds. The Labute approximate surface area is 113 Å². The average Bonchev–Trinajstić information content (AvgIpc) is 1.86. The molecule has 0 aliphatic carbocycles. The summed E-state index contributed by atoms with van der Waals surface area (Å²) < 4.78 is 55.9. The second-order valence-corrected chi connectivity index (χ2v) is 4.35. The van der Waals surface area contributed by atoms with Crippen molar-refractivity contribution in [2.75, 3.05) is 11.8 Å². The van der Waals surface area contributed by atoms with E-state index in [1.165, 1.54) is 0 Å². The van der Waals surface area contributed by atoms with Crippen LogP contribution in [-0.4, -0.2) is 83.2 Å². The van der Waals surface area contributed by atoms with E-state index >= 15 is 0 Å². The van der Waals surface area contributed by atoms with Crippen LogP contribution in [0.3, 0.4) is 0 Å². The van der Waals surface area contributed by atoms with E-state index in [0.29, 0.717) is 0 Å². The van der Waals surface area contributed by atoms with Crippen LogP contribution in [0.2, 0.25) is 0 Å². The van der Waals surface area contributed by atoms with Gasteiger partial charge in [0.25, 0.3) is 0 Å². The van der Waals surface area contributed by atoms with E-state index in [2.05, 4.69) is 11.5 Å². The van der Waals surface area contributed by atoms with Gasteiger partial charge < -0.3 is 20.6 Å². The third kappa shape index (κ3) is 31.9. The van der Waals surface area contributed by atoms with E-state index in [9.17, 15) is 25.9 Å². The smallest absolute Gasteiger partial charge is 0.747 e. The molecule has 0 aliphatic rings. The summed E-state index contributed by atoms with van der Waals surface area (Å²) in [6, 6.07) is 0. The Balaban J connectivity index is -0.000000143. The quantitative estimate of drug-likeness (QED) is 0.391. The van der Waals surface area contributed by atoms with Gasteiger partial charge in [0, 0.05) is 0 Å². The van der Waals surface area contributed by atoms with Gasteiger partial charge in [-0.1, -0.05) is 0 Å². The van der Waals surface area contributed by atoms with Gasteiger partial charge in [0.1, 0.15) is 20.2 Å². The van der Waals surface area contributed by atoms with Crippen molar-refractivity contribution in [3.05, 3.63) is 0 Å². The number of nitrogens with two attached hydrogens (primary N) is 2. The van der Waals surface area contributed by atoms with E-state index in [1.807, 2.05) is 0 Å². The molecule has 0 aliphatic heterocycles. The van der Waals surface area contributed by atoms with Gasteiger partial charge in [0.2, 0.25) is 0 Å². The van der Waals surface area contributed by atoms with Crippen LogP contribution in [-0.2, 0) is 20.2 Å². The van der Waals surface area contributed by atoms with E-state index in [-0.39, 0.29) is 45.5 Å². The normalized spacial score (nSPS) is 10.8. The summed E-state index contributed by atoms with van der Waals surface area (Å²) >= 11 is 0. The predicted molar refractivity (Wildman–Crippen MR) is 43.3 cm³/mol. The molecular formula is C2H8N2O6S2Sr. The van der Waals surface area contributed by atoms with E-state index in [0.717, 1.165) is 0 Å². The van der Waals surface area contributed by atoms with Crippen LogP contribution < -0.4 is 11.5 Å². The van der Waals surface area contributed by atoms with Gasteiger partial charge >= 0.3 is 45.5 Å². The van der Waals surface area contributed by atoms with Gasteiger partial charge in [-0.2, -0.15) is 0 Å². The molecule has 0 aromatic heterocycles. The first-order valence-electron chi connectivity index (χ1n) is 2.39. The molecule has 0 atom stereocenters. The molecule has 0 aromatic carbocycles. The van der Waals surface area contributed by atoms with Gasteiger partial charge in [-0.05, 0) is 0 Å². The largest absolute Gasteiger partial charge is 2.00 e. The Morgan fingerprint density at radius 3 is 0.923 bits per heavy atom. The molecule has 0 radical (unpaired) electrons. The Hall–Kier alpha value is 1.22. The van der Waals surface area contributed by atoms with Gasteiger partial charge in [-0.25, -0.2) is 16.8 Å². The van der Waals surface area contributed by atoms with Gasteiger partial charge in [0.15, 0.2) is 0 Å². The second-order valence-electron chi connectivity index (χ2n) is 1.45. The molecule has 0 saturated carbocycles. The van der Waals surface area contributed by atoms with Crippen molar-refractivity contribution in [1.82, 2.24) is 0 Å². The molecule has 0 bridgehead atoms. The van der Waals surface area contributed by atoms with E-state index < -0.39 is 32.0 Å². The third-order valence-corrected chi connectivity index (χ3v) is 1.22.